The third kappa shape index (κ3) is 4.30. The van der Waals surface area contributed by atoms with Crippen molar-refractivity contribution in [3.63, 3.8) is 0 Å². The van der Waals surface area contributed by atoms with Crippen LogP contribution in [0.1, 0.15) is 5.82 Å². The molecule has 1 atom stereocenters. The first-order chi connectivity index (χ1) is 15.7. The molecule has 32 heavy (non-hydrogen) atoms. The number of anilines is 1. The Morgan fingerprint density at radius 2 is 1.69 bits per heavy atom. The van der Waals surface area contributed by atoms with Crippen molar-refractivity contribution >= 4 is 11.7 Å². The molecule has 0 aliphatic carbocycles. The largest absolute Gasteiger partial charge is 0.485 e. The number of hydrogen-bond acceptors (Lipinski definition) is 7. The van der Waals surface area contributed by atoms with E-state index in [-0.39, 0.29) is 12.5 Å². The SMILES string of the molecule is Cc1nc(Oc2ccccc2)cc(N2CCN(C(=O)C3COc4ccccc4O3)CC2)n1. The van der Waals surface area contributed by atoms with Gasteiger partial charge in [-0.25, -0.2) is 4.98 Å². The summed E-state index contributed by atoms with van der Waals surface area (Å²) in [6.07, 6.45) is -0.622. The number of aryl methyl sites for hydroxylation is 1. The Bertz CT molecular complexity index is 1100. The van der Waals surface area contributed by atoms with Crippen molar-refractivity contribution in [1.82, 2.24) is 14.9 Å². The van der Waals surface area contributed by atoms with Crippen LogP contribution in [-0.4, -0.2) is 59.7 Å². The van der Waals surface area contributed by atoms with Crippen LogP contribution in [0.25, 0.3) is 0 Å². The number of amides is 1. The molecular weight excluding hydrogens is 408 g/mol. The lowest BCUT2D eigenvalue weighted by Gasteiger charge is -2.37. The third-order valence-electron chi connectivity index (χ3n) is 5.47. The molecule has 1 unspecified atom stereocenters. The Labute approximate surface area is 186 Å². The molecule has 2 aliphatic heterocycles. The molecule has 8 nitrogen and oxygen atoms in total. The number of hydrogen-bond donors (Lipinski definition) is 0. The highest BCUT2D eigenvalue weighted by Gasteiger charge is 2.33. The molecule has 3 heterocycles. The smallest absolute Gasteiger partial charge is 0.267 e. The van der Waals surface area contributed by atoms with Crippen LogP contribution in [0.5, 0.6) is 23.1 Å². The molecule has 0 saturated carbocycles. The summed E-state index contributed by atoms with van der Waals surface area (Å²) in [6.45, 7) is 4.56. The van der Waals surface area contributed by atoms with Crippen LogP contribution in [0.3, 0.4) is 0 Å². The van der Waals surface area contributed by atoms with Gasteiger partial charge in [-0.1, -0.05) is 30.3 Å². The van der Waals surface area contributed by atoms with Gasteiger partial charge in [0.2, 0.25) is 12.0 Å². The molecule has 1 fully saturated rings. The van der Waals surface area contributed by atoms with Crippen LogP contribution in [0.4, 0.5) is 5.82 Å². The van der Waals surface area contributed by atoms with Crippen LogP contribution in [0.15, 0.2) is 60.7 Å². The van der Waals surface area contributed by atoms with Crippen LogP contribution in [0.2, 0.25) is 0 Å². The van der Waals surface area contributed by atoms with E-state index in [2.05, 4.69) is 14.9 Å². The van der Waals surface area contributed by atoms with Crippen LogP contribution in [-0.2, 0) is 4.79 Å². The van der Waals surface area contributed by atoms with E-state index < -0.39 is 6.10 Å². The maximum atomic E-state index is 13.0. The van der Waals surface area contributed by atoms with Crippen molar-refractivity contribution in [3.05, 3.63) is 66.5 Å². The fourth-order valence-corrected chi connectivity index (χ4v) is 3.85. The van der Waals surface area contributed by atoms with E-state index in [1.807, 2.05) is 72.5 Å². The van der Waals surface area contributed by atoms with Crippen LogP contribution in [0, 0.1) is 6.92 Å². The van der Waals surface area contributed by atoms with Crippen molar-refractivity contribution in [2.75, 3.05) is 37.7 Å². The van der Waals surface area contributed by atoms with E-state index in [1.54, 1.807) is 0 Å². The van der Waals surface area contributed by atoms with Crippen molar-refractivity contribution in [3.8, 4) is 23.1 Å². The molecule has 5 rings (SSSR count). The highest BCUT2D eigenvalue weighted by molar-refractivity contribution is 5.82. The molecule has 0 bridgehead atoms. The number of rotatable bonds is 4. The fraction of sp³-hybridized carbons (Fsp3) is 0.292. The van der Waals surface area contributed by atoms with E-state index >= 15 is 0 Å². The van der Waals surface area contributed by atoms with Crippen molar-refractivity contribution < 1.29 is 19.0 Å². The summed E-state index contributed by atoms with van der Waals surface area (Å²) in [5.74, 6) is 3.89. The number of aromatic nitrogens is 2. The number of benzene rings is 2. The van der Waals surface area contributed by atoms with Gasteiger partial charge in [0.05, 0.1) is 0 Å². The fourth-order valence-electron chi connectivity index (χ4n) is 3.85. The average Bonchev–Trinajstić information content (AvgIpc) is 2.84. The maximum Gasteiger partial charge on any atom is 0.267 e. The lowest BCUT2D eigenvalue weighted by molar-refractivity contribution is -0.141. The van der Waals surface area contributed by atoms with Gasteiger partial charge >= 0.3 is 0 Å². The van der Waals surface area contributed by atoms with Gasteiger partial charge in [0.25, 0.3) is 5.91 Å². The van der Waals surface area contributed by atoms with Crippen molar-refractivity contribution in [2.24, 2.45) is 0 Å². The lowest BCUT2D eigenvalue weighted by atomic mass is 10.2. The molecule has 1 aromatic heterocycles. The van der Waals surface area contributed by atoms with E-state index in [0.717, 1.165) is 11.6 Å². The number of piperazine rings is 1. The number of fused-ring (bicyclic) bond motifs is 1. The van der Waals surface area contributed by atoms with Crippen molar-refractivity contribution in [1.29, 1.82) is 0 Å². The normalized spacial score (nSPS) is 17.7. The predicted octanol–water partition coefficient (Wildman–Crippen LogP) is 3.07. The molecule has 8 heteroatoms. The Balaban J connectivity index is 1.22. The first-order valence-corrected chi connectivity index (χ1v) is 10.7. The van der Waals surface area contributed by atoms with Gasteiger partial charge in [0.15, 0.2) is 11.5 Å². The summed E-state index contributed by atoms with van der Waals surface area (Å²) in [6, 6.07) is 18.8. The van der Waals surface area contributed by atoms with Gasteiger partial charge in [0.1, 0.15) is 24.0 Å². The highest BCUT2D eigenvalue weighted by atomic mass is 16.6. The number of nitrogens with zero attached hydrogens (tertiary/aromatic N) is 4. The number of carbonyl (C=O) groups is 1. The summed E-state index contributed by atoms with van der Waals surface area (Å²) in [7, 11) is 0. The van der Waals surface area contributed by atoms with Gasteiger partial charge in [-0.2, -0.15) is 4.98 Å². The van der Waals surface area contributed by atoms with Crippen molar-refractivity contribution in [2.45, 2.75) is 13.0 Å². The zero-order valence-electron chi connectivity index (χ0n) is 17.8. The molecule has 3 aromatic rings. The van der Waals surface area contributed by atoms with Gasteiger partial charge in [-0.05, 0) is 31.2 Å². The second kappa shape index (κ2) is 8.74. The zero-order valence-corrected chi connectivity index (χ0v) is 17.8. The molecule has 2 aromatic carbocycles. The number of carbonyl (C=O) groups excluding carboxylic acids is 1. The minimum atomic E-state index is -0.622. The van der Waals surface area contributed by atoms with Crippen LogP contribution < -0.4 is 19.1 Å². The summed E-state index contributed by atoms with van der Waals surface area (Å²) in [5, 5.41) is 0. The highest BCUT2D eigenvalue weighted by Crippen LogP contribution is 2.31. The molecule has 164 valence electrons. The third-order valence-corrected chi connectivity index (χ3v) is 5.47. The Hall–Kier alpha value is -3.81. The number of para-hydroxylation sites is 3. The first kappa shape index (κ1) is 20.1. The predicted molar refractivity (Wildman–Crippen MR) is 118 cm³/mol. The monoisotopic (exact) mass is 432 g/mol. The summed E-state index contributed by atoms with van der Waals surface area (Å²) in [5.41, 5.74) is 0. The van der Waals surface area contributed by atoms with E-state index in [0.29, 0.717) is 49.4 Å². The first-order valence-electron chi connectivity index (χ1n) is 10.7. The maximum absolute atomic E-state index is 13.0. The molecular formula is C24H24N4O4. The standard InChI is InChI=1S/C24H24N4O4/c1-17-25-22(15-23(26-17)31-18-7-3-2-4-8-18)27-11-13-28(14-12-27)24(29)21-16-30-19-9-5-6-10-20(19)32-21/h2-10,15,21H,11-14,16H2,1H3. The van der Waals surface area contributed by atoms with Crippen LogP contribution >= 0.6 is 0 Å². The Morgan fingerprint density at radius 1 is 0.969 bits per heavy atom. The van der Waals surface area contributed by atoms with E-state index in [4.69, 9.17) is 14.2 Å². The topological polar surface area (TPSA) is 77.0 Å². The van der Waals surface area contributed by atoms with E-state index in [1.165, 1.54) is 0 Å². The quantitative estimate of drug-likeness (QED) is 0.627. The minimum Gasteiger partial charge on any atom is -0.485 e. The number of ether oxygens (including phenoxy) is 3. The van der Waals surface area contributed by atoms with Gasteiger partial charge in [-0.3, -0.25) is 4.79 Å². The zero-order chi connectivity index (χ0) is 21.9. The minimum absolute atomic E-state index is 0.0499. The lowest BCUT2D eigenvalue weighted by Crippen LogP contribution is -2.54. The molecule has 0 N–H and O–H groups in total. The molecule has 2 aliphatic rings. The summed E-state index contributed by atoms with van der Waals surface area (Å²) < 4.78 is 17.5. The second-order valence-corrected chi connectivity index (χ2v) is 7.70. The summed E-state index contributed by atoms with van der Waals surface area (Å²) >= 11 is 0. The van der Waals surface area contributed by atoms with Gasteiger partial charge in [0, 0.05) is 32.2 Å². The molecule has 1 amide bonds. The average molecular weight is 432 g/mol. The molecule has 0 radical (unpaired) electrons. The van der Waals surface area contributed by atoms with Gasteiger partial charge < -0.3 is 24.0 Å². The summed E-state index contributed by atoms with van der Waals surface area (Å²) in [4.78, 5) is 25.9. The van der Waals surface area contributed by atoms with E-state index in [9.17, 15) is 4.79 Å². The molecule has 1 saturated heterocycles. The Kier molecular flexibility index (Phi) is 5.49. The second-order valence-electron chi connectivity index (χ2n) is 7.70. The van der Waals surface area contributed by atoms with Gasteiger partial charge in [-0.15, -0.1) is 0 Å². The Morgan fingerprint density at radius 3 is 2.47 bits per heavy atom. The molecule has 0 spiro atoms.